The molecule has 3 aromatic rings. The van der Waals surface area contributed by atoms with Gasteiger partial charge in [0.1, 0.15) is 4.70 Å². The van der Waals surface area contributed by atoms with E-state index >= 15 is 0 Å². The smallest absolute Gasteiger partial charge is 0.272 e. The van der Waals surface area contributed by atoms with E-state index in [0.29, 0.717) is 34.4 Å². The van der Waals surface area contributed by atoms with E-state index in [9.17, 15) is 9.59 Å². The first kappa shape index (κ1) is 19.6. The van der Waals surface area contributed by atoms with Crippen LogP contribution in [0.15, 0.2) is 51.7 Å². The first-order chi connectivity index (χ1) is 13.0. The molecular formula is C20H23N3O2S2. The molecule has 0 saturated heterocycles. The zero-order valence-corrected chi connectivity index (χ0v) is 17.1. The fourth-order valence-corrected chi connectivity index (χ4v) is 4.23. The van der Waals surface area contributed by atoms with Crippen molar-refractivity contribution < 1.29 is 4.79 Å². The topological polar surface area (TPSA) is 64.0 Å². The van der Waals surface area contributed by atoms with Gasteiger partial charge in [0, 0.05) is 6.54 Å². The van der Waals surface area contributed by atoms with Gasteiger partial charge in [-0.3, -0.25) is 14.2 Å². The predicted molar refractivity (Wildman–Crippen MR) is 113 cm³/mol. The van der Waals surface area contributed by atoms with Crippen molar-refractivity contribution in [2.24, 2.45) is 5.92 Å². The Balaban J connectivity index is 1.79. The van der Waals surface area contributed by atoms with E-state index in [2.05, 4.69) is 24.1 Å². The summed E-state index contributed by atoms with van der Waals surface area (Å²) in [6.45, 7) is 5.37. The number of carbonyl (C=O) groups excluding carboxylic acids is 1. The summed E-state index contributed by atoms with van der Waals surface area (Å²) in [5.74, 6) is 0.762. The number of thiophene rings is 1. The number of nitrogens with zero attached hydrogens (tertiary/aromatic N) is 2. The van der Waals surface area contributed by atoms with Crippen molar-refractivity contribution in [3.63, 3.8) is 0 Å². The van der Waals surface area contributed by atoms with Gasteiger partial charge in [-0.2, -0.15) is 0 Å². The number of hydrogen-bond donors (Lipinski definition) is 1. The molecular weight excluding hydrogens is 378 g/mol. The fourth-order valence-electron chi connectivity index (χ4n) is 2.62. The number of rotatable bonds is 8. The number of nitrogens with one attached hydrogen (secondary N) is 1. The average molecular weight is 402 g/mol. The van der Waals surface area contributed by atoms with Crippen molar-refractivity contribution in [3.05, 3.63) is 57.7 Å². The largest absolute Gasteiger partial charge is 0.355 e. The molecule has 0 aliphatic carbocycles. The Labute approximate surface area is 166 Å². The molecule has 1 amide bonds. The van der Waals surface area contributed by atoms with Crippen molar-refractivity contribution in [3.8, 4) is 0 Å². The van der Waals surface area contributed by atoms with Crippen LogP contribution in [0.3, 0.4) is 0 Å². The molecule has 27 heavy (non-hydrogen) atoms. The molecule has 2 heterocycles. The summed E-state index contributed by atoms with van der Waals surface area (Å²) in [6.07, 6.45) is 0.953. The molecule has 142 valence electrons. The molecule has 0 spiro atoms. The van der Waals surface area contributed by atoms with Gasteiger partial charge in [0.15, 0.2) is 5.16 Å². The third-order valence-corrected chi connectivity index (χ3v) is 5.96. The molecule has 3 rings (SSSR count). The summed E-state index contributed by atoms with van der Waals surface area (Å²) >= 11 is 2.71. The van der Waals surface area contributed by atoms with Crippen LogP contribution in [0, 0.1) is 5.92 Å². The molecule has 5 nitrogen and oxygen atoms in total. The van der Waals surface area contributed by atoms with E-state index in [1.54, 1.807) is 4.57 Å². The molecule has 0 unspecified atom stereocenters. The number of fused-ring (bicyclic) bond motifs is 1. The number of carbonyl (C=O) groups is 1. The molecule has 0 bridgehead atoms. The average Bonchev–Trinajstić information content (AvgIpc) is 3.12. The van der Waals surface area contributed by atoms with Gasteiger partial charge in [-0.05, 0) is 29.3 Å². The summed E-state index contributed by atoms with van der Waals surface area (Å²) in [5.41, 5.74) is 1.67. The maximum atomic E-state index is 12.9. The van der Waals surface area contributed by atoms with Crippen molar-refractivity contribution in [2.45, 2.75) is 32.0 Å². The van der Waals surface area contributed by atoms with Crippen LogP contribution in [-0.2, 0) is 11.3 Å². The third-order valence-electron chi connectivity index (χ3n) is 4.09. The van der Waals surface area contributed by atoms with E-state index in [1.807, 2.05) is 41.8 Å². The SMILES string of the molecule is CC(C)CCNC(=O)CSc1nc2ccsc2c(=O)n1Cc1ccccc1. The van der Waals surface area contributed by atoms with Crippen LogP contribution in [0.1, 0.15) is 25.8 Å². The summed E-state index contributed by atoms with van der Waals surface area (Å²) in [7, 11) is 0. The highest BCUT2D eigenvalue weighted by Gasteiger charge is 2.14. The van der Waals surface area contributed by atoms with Crippen LogP contribution >= 0.6 is 23.1 Å². The van der Waals surface area contributed by atoms with Gasteiger partial charge in [0.2, 0.25) is 5.91 Å². The highest BCUT2D eigenvalue weighted by atomic mass is 32.2. The molecule has 0 atom stereocenters. The Kier molecular flexibility index (Phi) is 6.68. The first-order valence-corrected chi connectivity index (χ1v) is 10.8. The van der Waals surface area contributed by atoms with E-state index in [0.717, 1.165) is 12.0 Å². The third kappa shape index (κ3) is 5.20. The normalized spacial score (nSPS) is 11.2. The van der Waals surface area contributed by atoms with E-state index in [1.165, 1.54) is 23.1 Å². The molecule has 0 aliphatic heterocycles. The van der Waals surface area contributed by atoms with Crippen LogP contribution in [0.5, 0.6) is 0 Å². The highest BCUT2D eigenvalue weighted by molar-refractivity contribution is 7.99. The summed E-state index contributed by atoms with van der Waals surface area (Å²) < 4.78 is 2.32. The van der Waals surface area contributed by atoms with Gasteiger partial charge in [0.05, 0.1) is 17.8 Å². The lowest BCUT2D eigenvalue weighted by Gasteiger charge is -2.12. The molecule has 1 aromatic carbocycles. The molecule has 7 heteroatoms. The fraction of sp³-hybridized carbons (Fsp3) is 0.350. The maximum absolute atomic E-state index is 12.9. The Bertz CT molecular complexity index is 964. The summed E-state index contributed by atoms with van der Waals surface area (Å²) in [5, 5.41) is 5.38. The Morgan fingerprint density at radius 3 is 2.78 bits per heavy atom. The second-order valence-electron chi connectivity index (χ2n) is 6.73. The highest BCUT2D eigenvalue weighted by Crippen LogP contribution is 2.21. The molecule has 1 N–H and O–H groups in total. The van der Waals surface area contributed by atoms with Gasteiger partial charge in [0.25, 0.3) is 5.56 Å². The van der Waals surface area contributed by atoms with Crippen LogP contribution in [-0.4, -0.2) is 27.8 Å². The van der Waals surface area contributed by atoms with Gasteiger partial charge in [-0.1, -0.05) is 55.9 Å². The lowest BCUT2D eigenvalue weighted by molar-refractivity contribution is -0.118. The first-order valence-electron chi connectivity index (χ1n) is 8.96. The number of hydrogen-bond acceptors (Lipinski definition) is 5. The van der Waals surface area contributed by atoms with Gasteiger partial charge >= 0.3 is 0 Å². The van der Waals surface area contributed by atoms with Crippen molar-refractivity contribution in [1.82, 2.24) is 14.9 Å². The molecule has 2 aromatic heterocycles. The van der Waals surface area contributed by atoms with Crippen molar-refractivity contribution in [2.75, 3.05) is 12.3 Å². The van der Waals surface area contributed by atoms with E-state index in [4.69, 9.17) is 0 Å². The second-order valence-corrected chi connectivity index (χ2v) is 8.59. The van der Waals surface area contributed by atoms with E-state index in [-0.39, 0.29) is 17.2 Å². The van der Waals surface area contributed by atoms with Gasteiger partial charge in [-0.25, -0.2) is 4.98 Å². The van der Waals surface area contributed by atoms with Crippen molar-refractivity contribution in [1.29, 1.82) is 0 Å². The van der Waals surface area contributed by atoms with Crippen LogP contribution in [0.4, 0.5) is 0 Å². The summed E-state index contributed by atoms with van der Waals surface area (Å²) in [6, 6.07) is 11.7. The minimum Gasteiger partial charge on any atom is -0.355 e. The Morgan fingerprint density at radius 2 is 2.04 bits per heavy atom. The standard InChI is InChI=1S/C20H23N3O2S2/c1-14(2)8-10-21-17(24)13-27-20-22-16-9-11-26-18(16)19(25)23(20)12-15-6-4-3-5-7-15/h3-7,9,11,14H,8,10,12-13H2,1-2H3,(H,21,24). The van der Waals surface area contributed by atoms with Crippen LogP contribution in [0.25, 0.3) is 10.2 Å². The number of thioether (sulfide) groups is 1. The molecule has 0 aliphatic rings. The Hall–Kier alpha value is -2.12. The Morgan fingerprint density at radius 1 is 1.26 bits per heavy atom. The number of amides is 1. The van der Waals surface area contributed by atoms with Gasteiger partial charge in [-0.15, -0.1) is 11.3 Å². The zero-order chi connectivity index (χ0) is 19.2. The number of benzene rings is 1. The molecule has 0 saturated carbocycles. The van der Waals surface area contributed by atoms with Crippen LogP contribution < -0.4 is 10.9 Å². The lowest BCUT2D eigenvalue weighted by atomic mass is 10.1. The maximum Gasteiger partial charge on any atom is 0.272 e. The molecule has 0 radical (unpaired) electrons. The minimum absolute atomic E-state index is 0.0356. The number of aromatic nitrogens is 2. The summed E-state index contributed by atoms with van der Waals surface area (Å²) in [4.78, 5) is 29.7. The zero-order valence-electron chi connectivity index (χ0n) is 15.5. The predicted octanol–water partition coefficient (Wildman–Crippen LogP) is 3.76. The van der Waals surface area contributed by atoms with Gasteiger partial charge < -0.3 is 5.32 Å². The molecule has 0 fully saturated rings. The quantitative estimate of drug-likeness (QED) is 0.461. The van der Waals surface area contributed by atoms with Crippen LogP contribution in [0.2, 0.25) is 0 Å². The second kappa shape index (κ2) is 9.19. The van der Waals surface area contributed by atoms with E-state index < -0.39 is 0 Å². The van der Waals surface area contributed by atoms with Crippen molar-refractivity contribution >= 4 is 39.2 Å². The monoisotopic (exact) mass is 401 g/mol. The lowest BCUT2D eigenvalue weighted by Crippen LogP contribution is -2.28. The minimum atomic E-state index is -0.0541.